The van der Waals surface area contributed by atoms with Gasteiger partial charge < -0.3 is 11.5 Å². The third-order valence-corrected chi connectivity index (χ3v) is 0.307. The topological polar surface area (TPSA) is 64.4 Å². The maximum atomic E-state index is 4.86. The summed E-state index contributed by atoms with van der Waals surface area (Å²) in [4.78, 5) is 3.29. The van der Waals surface area contributed by atoms with Crippen molar-refractivity contribution in [3.8, 4) is 0 Å². The minimum atomic E-state index is 0.0671. The van der Waals surface area contributed by atoms with Crippen LogP contribution < -0.4 is 11.5 Å². The molecule has 0 aliphatic rings. The molecule has 0 atom stereocenters. The summed E-state index contributed by atoms with van der Waals surface area (Å²) < 4.78 is 0. The van der Waals surface area contributed by atoms with Crippen LogP contribution in [0.5, 0.6) is 0 Å². The molecule has 0 unspecified atom stereocenters. The summed E-state index contributed by atoms with van der Waals surface area (Å²) in [6.07, 6.45) is 1.06. The van der Waals surface area contributed by atoms with E-state index in [0.29, 0.717) is 0 Å². The van der Waals surface area contributed by atoms with Crippen LogP contribution in [-0.2, 0) is 0 Å². The van der Waals surface area contributed by atoms with Crippen LogP contribution in [0, 0.1) is 0 Å². The van der Waals surface area contributed by atoms with E-state index >= 15 is 0 Å². The highest BCUT2D eigenvalue weighted by atomic mass is 32.1. The number of aliphatic imine (C=N–C) groups is 1. The number of nitrogens with two attached hydrogens (primary N) is 2. The second-order valence-corrected chi connectivity index (χ2v) is 1.03. The molecule has 0 fully saturated rings. The maximum Gasteiger partial charge on any atom is 0.191 e. The lowest BCUT2D eigenvalue weighted by molar-refractivity contribution is 1.50. The number of thiocarbonyl (C=S) groups is 1. The van der Waals surface area contributed by atoms with Gasteiger partial charge in [-0.15, -0.1) is 0 Å². The molecule has 0 rings (SSSR count). The second kappa shape index (κ2) is 9.61. The van der Waals surface area contributed by atoms with Crippen molar-refractivity contribution < 1.29 is 0 Å². The molecule has 4 N–H and O–H groups in total. The van der Waals surface area contributed by atoms with Crippen molar-refractivity contribution in [3.05, 3.63) is 0 Å². The molecule has 4 heteroatoms. The van der Waals surface area contributed by atoms with Gasteiger partial charge in [-0.3, -0.25) is 0 Å². The summed E-state index contributed by atoms with van der Waals surface area (Å²) in [5.74, 6) is 0. The molecule has 48 valence electrons. The maximum absolute atomic E-state index is 4.86. The molecule has 0 saturated heterocycles. The van der Waals surface area contributed by atoms with Gasteiger partial charge >= 0.3 is 0 Å². The quantitative estimate of drug-likeness (QED) is 0.283. The van der Waals surface area contributed by atoms with E-state index in [-0.39, 0.29) is 5.11 Å². The first kappa shape index (κ1) is 10.4. The average Bonchev–Trinajstić information content (AvgIpc) is 1.72. The minimum Gasteiger partial charge on any atom is -0.390 e. The van der Waals surface area contributed by atoms with Gasteiger partial charge in [-0.25, -0.2) is 4.99 Å². The summed E-state index contributed by atoms with van der Waals surface area (Å²) in [7, 11) is 0. The van der Waals surface area contributed by atoms with Crippen LogP contribution in [0.4, 0.5) is 0 Å². The fourth-order valence-electron chi connectivity index (χ4n) is 0.0735. The lowest BCUT2D eigenvalue weighted by atomic mass is 11.0. The van der Waals surface area contributed by atoms with Crippen LogP contribution in [0.3, 0.4) is 0 Å². The molecular formula is C4H11N3S. The largest absolute Gasteiger partial charge is 0.390 e. The zero-order valence-corrected chi connectivity index (χ0v) is 5.90. The fraction of sp³-hybridized carbons (Fsp3) is 0.500. The zero-order chi connectivity index (χ0) is 6.99. The molecule has 0 bridgehead atoms. The Labute approximate surface area is 54.8 Å². The lowest BCUT2D eigenvalue weighted by Gasteiger charge is -1.75. The molecule has 0 heterocycles. The fourth-order valence-corrected chi connectivity index (χ4v) is 0.134. The SMILES string of the molecule is CC.NC=NC(N)=S. The van der Waals surface area contributed by atoms with Gasteiger partial charge in [-0.1, -0.05) is 13.8 Å². The molecular weight excluding hydrogens is 122 g/mol. The number of hydrogen-bond donors (Lipinski definition) is 2. The third kappa shape index (κ3) is 18.3. The van der Waals surface area contributed by atoms with Gasteiger partial charge in [-0.05, 0) is 12.2 Å². The molecule has 0 aromatic rings. The minimum absolute atomic E-state index is 0.0671. The first-order valence-electron chi connectivity index (χ1n) is 2.31. The van der Waals surface area contributed by atoms with Crippen molar-refractivity contribution >= 4 is 23.7 Å². The highest BCUT2D eigenvalue weighted by molar-refractivity contribution is 7.80. The van der Waals surface area contributed by atoms with Crippen molar-refractivity contribution in [2.45, 2.75) is 13.8 Å². The van der Waals surface area contributed by atoms with Crippen molar-refractivity contribution in [1.82, 2.24) is 0 Å². The average molecular weight is 133 g/mol. The van der Waals surface area contributed by atoms with Gasteiger partial charge in [0.1, 0.15) is 0 Å². The Bertz CT molecular complexity index is 79.4. The van der Waals surface area contributed by atoms with E-state index in [1.54, 1.807) is 0 Å². The molecule has 3 nitrogen and oxygen atoms in total. The highest BCUT2D eigenvalue weighted by Gasteiger charge is 1.67. The van der Waals surface area contributed by atoms with Crippen LogP contribution in [0.25, 0.3) is 0 Å². The molecule has 8 heavy (non-hydrogen) atoms. The highest BCUT2D eigenvalue weighted by Crippen LogP contribution is 1.59. The molecule has 0 amide bonds. The monoisotopic (exact) mass is 133 g/mol. The van der Waals surface area contributed by atoms with Gasteiger partial charge in [-0.2, -0.15) is 0 Å². The molecule has 0 spiro atoms. The normalized spacial score (nSPS) is 7.75. The van der Waals surface area contributed by atoms with Crippen molar-refractivity contribution in [2.75, 3.05) is 0 Å². The Morgan fingerprint density at radius 3 is 2.00 bits per heavy atom. The zero-order valence-electron chi connectivity index (χ0n) is 5.09. The van der Waals surface area contributed by atoms with Gasteiger partial charge in [0.15, 0.2) is 5.11 Å². The predicted octanol–water partition coefficient (Wildman–Crippen LogP) is 0.243. The molecule has 0 aliphatic heterocycles. The van der Waals surface area contributed by atoms with E-state index in [9.17, 15) is 0 Å². The first-order valence-corrected chi connectivity index (χ1v) is 2.72. The molecule has 0 aromatic carbocycles. The Kier molecular flexibility index (Phi) is 12.5. The van der Waals surface area contributed by atoms with Crippen LogP contribution in [0.1, 0.15) is 13.8 Å². The van der Waals surface area contributed by atoms with Gasteiger partial charge in [0.25, 0.3) is 0 Å². The summed E-state index contributed by atoms with van der Waals surface area (Å²) in [5, 5.41) is 0.0671. The smallest absolute Gasteiger partial charge is 0.191 e. The second-order valence-electron chi connectivity index (χ2n) is 0.616. The Balaban J connectivity index is 0. The van der Waals surface area contributed by atoms with E-state index in [4.69, 9.17) is 11.5 Å². The lowest BCUT2D eigenvalue weighted by Crippen LogP contribution is -2.05. The molecule has 0 aromatic heterocycles. The summed E-state index contributed by atoms with van der Waals surface area (Å²) >= 11 is 4.29. The van der Waals surface area contributed by atoms with Crippen LogP contribution in [0.2, 0.25) is 0 Å². The Morgan fingerprint density at radius 2 is 2.00 bits per heavy atom. The van der Waals surface area contributed by atoms with Crippen LogP contribution in [-0.4, -0.2) is 11.5 Å². The van der Waals surface area contributed by atoms with Crippen molar-refractivity contribution in [2.24, 2.45) is 16.5 Å². The van der Waals surface area contributed by atoms with Gasteiger partial charge in [0.2, 0.25) is 0 Å². The van der Waals surface area contributed by atoms with E-state index in [1.807, 2.05) is 13.8 Å². The van der Waals surface area contributed by atoms with E-state index in [0.717, 1.165) is 6.34 Å². The third-order valence-electron chi connectivity index (χ3n) is 0.202. The van der Waals surface area contributed by atoms with Crippen molar-refractivity contribution in [3.63, 3.8) is 0 Å². The Morgan fingerprint density at radius 1 is 1.62 bits per heavy atom. The molecule has 0 radical (unpaired) electrons. The van der Waals surface area contributed by atoms with Crippen molar-refractivity contribution in [1.29, 1.82) is 0 Å². The van der Waals surface area contributed by atoms with E-state index in [2.05, 4.69) is 17.2 Å². The van der Waals surface area contributed by atoms with Crippen LogP contribution >= 0.6 is 12.2 Å². The standard InChI is InChI=1S/C2H5N3S.C2H6/c3-1-5-2(4)6;1-2/h1H,(H4,3,4,5,6);1-2H3. The molecule has 0 aliphatic carbocycles. The van der Waals surface area contributed by atoms with Gasteiger partial charge in [0, 0.05) is 0 Å². The summed E-state index contributed by atoms with van der Waals surface area (Å²) in [6, 6.07) is 0. The van der Waals surface area contributed by atoms with E-state index < -0.39 is 0 Å². The first-order chi connectivity index (χ1) is 3.77. The molecule has 0 saturated carbocycles. The van der Waals surface area contributed by atoms with Crippen LogP contribution in [0.15, 0.2) is 4.99 Å². The van der Waals surface area contributed by atoms with E-state index in [1.165, 1.54) is 0 Å². The number of nitrogens with zero attached hydrogens (tertiary/aromatic N) is 1. The van der Waals surface area contributed by atoms with Gasteiger partial charge in [0.05, 0.1) is 6.34 Å². The number of rotatable bonds is 0. The predicted molar refractivity (Wildman–Crippen MR) is 40.8 cm³/mol. The number of hydrogen-bond acceptors (Lipinski definition) is 1. The summed E-state index contributed by atoms with van der Waals surface area (Å²) in [5.41, 5.74) is 9.63. The summed E-state index contributed by atoms with van der Waals surface area (Å²) in [6.45, 7) is 4.00. The Hall–Kier alpha value is -0.640.